The van der Waals surface area contributed by atoms with Gasteiger partial charge in [-0.3, -0.25) is 4.79 Å². The Morgan fingerprint density at radius 3 is 2.69 bits per heavy atom. The number of hydrogen-bond donors (Lipinski definition) is 1. The SMILES string of the molecule is CC(Cc1ccsc1)NC(C)C(=O)N(C)C. The standard InChI is InChI=1S/C12H20N2OS/c1-9(7-11-5-6-16-8-11)13-10(2)12(15)14(3)4/h5-6,8-10,13H,7H2,1-4H3. The molecule has 0 aliphatic carbocycles. The van der Waals surface area contributed by atoms with E-state index in [9.17, 15) is 4.79 Å². The highest BCUT2D eigenvalue weighted by molar-refractivity contribution is 7.07. The Morgan fingerprint density at radius 2 is 2.19 bits per heavy atom. The summed E-state index contributed by atoms with van der Waals surface area (Å²) in [5.74, 6) is 0.122. The summed E-state index contributed by atoms with van der Waals surface area (Å²) in [4.78, 5) is 13.3. The number of carbonyl (C=O) groups is 1. The van der Waals surface area contributed by atoms with Crippen molar-refractivity contribution in [3.8, 4) is 0 Å². The smallest absolute Gasteiger partial charge is 0.238 e. The van der Waals surface area contributed by atoms with E-state index in [0.29, 0.717) is 6.04 Å². The second-order valence-corrected chi connectivity index (χ2v) is 5.14. The van der Waals surface area contributed by atoms with Gasteiger partial charge in [-0.25, -0.2) is 0 Å². The Kier molecular flexibility index (Phi) is 4.96. The van der Waals surface area contributed by atoms with Crippen molar-refractivity contribution >= 4 is 17.2 Å². The summed E-state index contributed by atoms with van der Waals surface area (Å²) in [7, 11) is 3.56. The average Bonchev–Trinajstić information content (AvgIpc) is 2.68. The maximum Gasteiger partial charge on any atom is 0.238 e. The fourth-order valence-corrected chi connectivity index (χ4v) is 2.39. The highest BCUT2D eigenvalue weighted by Gasteiger charge is 2.16. The molecule has 0 spiro atoms. The molecule has 0 saturated carbocycles. The number of carbonyl (C=O) groups excluding carboxylic acids is 1. The fraction of sp³-hybridized carbons (Fsp3) is 0.583. The summed E-state index contributed by atoms with van der Waals surface area (Å²) < 4.78 is 0. The number of nitrogens with one attached hydrogen (secondary N) is 1. The van der Waals surface area contributed by atoms with Gasteiger partial charge >= 0.3 is 0 Å². The summed E-state index contributed by atoms with van der Waals surface area (Å²) in [6.45, 7) is 4.02. The minimum absolute atomic E-state index is 0.122. The van der Waals surface area contributed by atoms with E-state index in [0.717, 1.165) is 6.42 Å². The lowest BCUT2D eigenvalue weighted by Gasteiger charge is -2.22. The van der Waals surface area contributed by atoms with Gasteiger partial charge in [0.2, 0.25) is 5.91 Å². The molecule has 4 heteroatoms. The maximum absolute atomic E-state index is 11.6. The number of rotatable bonds is 5. The number of nitrogens with zero attached hydrogens (tertiary/aromatic N) is 1. The van der Waals surface area contributed by atoms with Crippen LogP contribution in [0.4, 0.5) is 0 Å². The van der Waals surface area contributed by atoms with Crippen LogP contribution in [0.3, 0.4) is 0 Å². The van der Waals surface area contributed by atoms with Crippen molar-refractivity contribution in [3.63, 3.8) is 0 Å². The van der Waals surface area contributed by atoms with Crippen LogP contribution in [0.1, 0.15) is 19.4 Å². The van der Waals surface area contributed by atoms with Crippen molar-refractivity contribution in [2.24, 2.45) is 0 Å². The van der Waals surface area contributed by atoms with E-state index in [1.54, 1.807) is 30.3 Å². The molecule has 0 fully saturated rings. The lowest BCUT2D eigenvalue weighted by molar-refractivity contribution is -0.130. The van der Waals surface area contributed by atoms with Crippen LogP contribution < -0.4 is 5.32 Å². The van der Waals surface area contributed by atoms with Gasteiger partial charge in [0.05, 0.1) is 6.04 Å². The number of likely N-dealkylation sites (N-methyl/N-ethyl adjacent to an activating group) is 1. The monoisotopic (exact) mass is 240 g/mol. The Morgan fingerprint density at radius 1 is 1.50 bits per heavy atom. The lowest BCUT2D eigenvalue weighted by atomic mass is 10.1. The molecule has 0 aliphatic heterocycles. The van der Waals surface area contributed by atoms with Gasteiger partial charge in [-0.15, -0.1) is 0 Å². The van der Waals surface area contributed by atoms with Gasteiger partial charge in [0, 0.05) is 20.1 Å². The first-order valence-corrected chi connectivity index (χ1v) is 6.43. The minimum atomic E-state index is -0.122. The van der Waals surface area contributed by atoms with Crippen LogP contribution in [0.15, 0.2) is 16.8 Å². The third-order valence-corrected chi connectivity index (χ3v) is 3.20. The number of thiophene rings is 1. The molecule has 1 amide bonds. The second-order valence-electron chi connectivity index (χ2n) is 4.36. The van der Waals surface area contributed by atoms with E-state index >= 15 is 0 Å². The van der Waals surface area contributed by atoms with E-state index < -0.39 is 0 Å². The number of amides is 1. The van der Waals surface area contributed by atoms with Crippen LogP contribution in [-0.4, -0.2) is 37.0 Å². The lowest BCUT2D eigenvalue weighted by Crippen LogP contribution is -2.45. The highest BCUT2D eigenvalue weighted by atomic mass is 32.1. The molecule has 1 rings (SSSR count). The van der Waals surface area contributed by atoms with Crippen LogP contribution in [0.5, 0.6) is 0 Å². The zero-order valence-electron chi connectivity index (χ0n) is 10.4. The quantitative estimate of drug-likeness (QED) is 0.850. The Balaban J connectivity index is 2.39. The summed E-state index contributed by atoms with van der Waals surface area (Å²) in [5.41, 5.74) is 1.33. The van der Waals surface area contributed by atoms with E-state index in [-0.39, 0.29) is 11.9 Å². The summed E-state index contributed by atoms with van der Waals surface area (Å²) in [6.07, 6.45) is 0.967. The first-order valence-electron chi connectivity index (χ1n) is 5.49. The molecule has 0 aromatic carbocycles. The zero-order chi connectivity index (χ0) is 12.1. The van der Waals surface area contributed by atoms with Crippen molar-refractivity contribution in [1.82, 2.24) is 10.2 Å². The first kappa shape index (κ1) is 13.2. The average molecular weight is 240 g/mol. The summed E-state index contributed by atoms with van der Waals surface area (Å²) >= 11 is 1.71. The Labute approximate surface area is 101 Å². The van der Waals surface area contributed by atoms with Gasteiger partial charge in [0.1, 0.15) is 0 Å². The van der Waals surface area contributed by atoms with Crippen molar-refractivity contribution < 1.29 is 4.79 Å². The molecule has 3 nitrogen and oxygen atoms in total. The molecule has 0 saturated heterocycles. The zero-order valence-corrected chi connectivity index (χ0v) is 11.2. The van der Waals surface area contributed by atoms with Gasteiger partial charge in [0.15, 0.2) is 0 Å². The van der Waals surface area contributed by atoms with Crippen molar-refractivity contribution in [2.45, 2.75) is 32.4 Å². The molecule has 2 atom stereocenters. The van der Waals surface area contributed by atoms with Crippen LogP contribution in [0, 0.1) is 0 Å². The van der Waals surface area contributed by atoms with Crippen molar-refractivity contribution in [2.75, 3.05) is 14.1 Å². The van der Waals surface area contributed by atoms with Gasteiger partial charge in [-0.2, -0.15) is 11.3 Å². The third-order valence-electron chi connectivity index (χ3n) is 2.47. The maximum atomic E-state index is 11.6. The summed E-state index contributed by atoms with van der Waals surface area (Å²) in [6, 6.07) is 2.32. The molecular weight excluding hydrogens is 220 g/mol. The van der Waals surface area contributed by atoms with Crippen LogP contribution in [0.25, 0.3) is 0 Å². The van der Waals surface area contributed by atoms with Gasteiger partial charge in [0.25, 0.3) is 0 Å². The van der Waals surface area contributed by atoms with E-state index in [4.69, 9.17) is 0 Å². The molecule has 0 aliphatic rings. The van der Waals surface area contributed by atoms with E-state index in [1.807, 2.05) is 6.92 Å². The molecule has 2 unspecified atom stereocenters. The first-order chi connectivity index (χ1) is 7.50. The number of hydrogen-bond acceptors (Lipinski definition) is 3. The Bertz CT molecular complexity index is 322. The minimum Gasteiger partial charge on any atom is -0.347 e. The van der Waals surface area contributed by atoms with Crippen LogP contribution in [-0.2, 0) is 11.2 Å². The molecule has 16 heavy (non-hydrogen) atoms. The predicted octanol–water partition coefficient (Wildman–Crippen LogP) is 1.75. The largest absolute Gasteiger partial charge is 0.347 e. The molecule has 0 radical (unpaired) electrons. The molecular formula is C12H20N2OS. The predicted molar refractivity (Wildman–Crippen MR) is 68.8 cm³/mol. The van der Waals surface area contributed by atoms with Gasteiger partial charge in [-0.1, -0.05) is 0 Å². The molecule has 0 bridgehead atoms. The molecule has 1 heterocycles. The molecule has 1 N–H and O–H groups in total. The second kappa shape index (κ2) is 6.01. The van der Waals surface area contributed by atoms with Crippen molar-refractivity contribution in [3.05, 3.63) is 22.4 Å². The normalized spacial score (nSPS) is 14.5. The van der Waals surface area contributed by atoms with Gasteiger partial charge < -0.3 is 10.2 Å². The van der Waals surface area contributed by atoms with E-state index in [1.165, 1.54) is 5.56 Å². The highest BCUT2D eigenvalue weighted by Crippen LogP contribution is 2.08. The third kappa shape index (κ3) is 3.94. The van der Waals surface area contributed by atoms with Crippen LogP contribution >= 0.6 is 11.3 Å². The molecule has 1 aromatic rings. The van der Waals surface area contributed by atoms with Crippen molar-refractivity contribution in [1.29, 1.82) is 0 Å². The van der Waals surface area contributed by atoms with E-state index in [2.05, 4.69) is 29.1 Å². The Hall–Kier alpha value is -0.870. The van der Waals surface area contributed by atoms with Crippen LogP contribution in [0.2, 0.25) is 0 Å². The fourth-order valence-electron chi connectivity index (χ4n) is 1.71. The summed E-state index contributed by atoms with van der Waals surface area (Å²) in [5, 5.41) is 7.54. The molecule has 90 valence electrons. The topological polar surface area (TPSA) is 32.3 Å². The molecule has 1 aromatic heterocycles. The van der Waals surface area contributed by atoms with Gasteiger partial charge in [-0.05, 0) is 42.7 Å².